The molecule has 0 spiro atoms. The van der Waals surface area contributed by atoms with Gasteiger partial charge in [0.1, 0.15) is 0 Å². The molecule has 13 heavy (non-hydrogen) atoms. The second-order valence-corrected chi connectivity index (χ2v) is 3.03. The van der Waals surface area contributed by atoms with Crippen LogP contribution in [0, 0.1) is 0 Å². The van der Waals surface area contributed by atoms with Crippen LogP contribution in [-0.4, -0.2) is 19.3 Å². The van der Waals surface area contributed by atoms with Crippen molar-refractivity contribution in [1.29, 1.82) is 0 Å². The number of aromatic hydroxyl groups is 1. The van der Waals surface area contributed by atoms with Crippen molar-refractivity contribution in [3.8, 4) is 11.5 Å². The Labute approximate surface area is 82.3 Å². The quantitative estimate of drug-likeness (QED) is 0.784. The van der Waals surface area contributed by atoms with Crippen LogP contribution in [0.4, 0.5) is 0 Å². The minimum Gasteiger partial charge on any atom is -0.504 e. The van der Waals surface area contributed by atoms with Gasteiger partial charge in [0.2, 0.25) is 0 Å². The zero-order valence-corrected chi connectivity index (χ0v) is 8.35. The van der Waals surface area contributed by atoms with E-state index in [9.17, 15) is 5.11 Å². The van der Waals surface area contributed by atoms with Crippen molar-refractivity contribution in [3.63, 3.8) is 0 Å². The first-order valence-corrected chi connectivity index (χ1v) is 4.27. The van der Waals surface area contributed by atoms with E-state index < -0.39 is 0 Å². The number of methoxy groups -OCH3 is 1. The number of ether oxygens (including phenoxy) is 1. The van der Waals surface area contributed by atoms with Gasteiger partial charge in [-0.05, 0) is 13.1 Å². The number of hydrogen-bond donors (Lipinski definition) is 2. The van der Waals surface area contributed by atoms with Gasteiger partial charge in [0.25, 0.3) is 0 Å². The first-order chi connectivity index (χ1) is 6.20. The van der Waals surface area contributed by atoms with Crippen LogP contribution < -0.4 is 10.1 Å². The predicted octanol–water partition coefficient (Wildman–Crippen LogP) is 1.77. The highest BCUT2D eigenvalue weighted by molar-refractivity contribution is 6.32. The van der Waals surface area contributed by atoms with Crippen molar-refractivity contribution >= 4 is 11.6 Å². The molecule has 0 radical (unpaired) electrons. The van der Waals surface area contributed by atoms with Crippen molar-refractivity contribution < 1.29 is 9.84 Å². The van der Waals surface area contributed by atoms with Gasteiger partial charge in [-0.1, -0.05) is 17.7 Å². The smallest absolute Gasteiger partial charge is 0.179 e. The first kappa shape index (κ1) is 10.2. The van der Waals surface area contributed by atoms with Gasteiger partial charge in [0.15, 0.2) is 11.5 Å². The lowest BCUT2D eigenvalue weighted by molar-refractivity contribution is 0.370. The average molecular weight is 202 g/mol. The fourth-order valence-electron chi connectivity index (χ4n) is 1.11. The molecule has 4 heteroatoms. The molecule has 0 heterocycles. The van der Waals surface area contributed by atoms with Gasteiger partial charge in [-0.15, -0.1) is 0 Å². The Kier molecular flexibility index (Phi) is 3.39. The van der Waals surface area contributed by atoms with Gasteiger partial charge in [-0.2, -0.15) is 0 Å². The highest BCUT2D eigenvalue weighted by Gasteiger charge is 2.10. The van der Waals surface area contributed by atoms with Crippen LogP contribution in [0.5, 0.6) is 11.5 Å². The summed E-state index contributed by atoms with van der Waals surface area (Å²) in [6, 6.07) is 3.46. The first-order valence-electron chi connectivity index (χ1n) is 3.89. The summed E-state index contributed by atoms with van der Waals surface area (Å²) in [5, 5.41) is 13.0. The Bertz CT molecular complexity index is 302. The van der Waals surface area contributed by atoms with Crippen LogP contribution in [0.1, 0.15) is 5.56 Å². The van der Waals surface area contributed by atoms with E-state index in [1.165, 1.54) is 7.11 Å². The van der Waals surface area contributed by atoms with Crippen LogP contribution >= 0.6 is 11.6 Å². The molecule has 1 rings (SSSR count). The Hall–Kier alpha value is -0.930. The third-order valence-corrected chi connectivity index (χ3v) is 2.04. The Balaban J connectivity index is 3.11. The molecule has 0 unspecified atom stereocenters. The molecule has 0 saturated carbocycles. The zero-order valence-electron chi connectivity index (χ0n) is 7.60. The second-order valence-electron chi connectivity index (χ2n) is 2.62. The molecule has 0 atom stereocenters. The molecule has 2 N–H and O–H groups in total. The number of benzene rings is 1. The highest BCUT2D eigenvalue weighted by atomic mass is 35.5. The number of phenolic OH excluding ortho intramolecular Hbond substituents is 1. The van der Waals surface area contributed by atoms with Crippen molar-refractivity contribution in [1.82, 2.24) is 5.32 Å². The lowest BCUT2D eigenvalue weighted by atomic mass is 10.2. The third kappa shape index (κ3) is 2.05. The van der Waals surface area contributed by atoms with E-state index >= 15 is 0 Å². The van der Waals surface area contributed by atoms with Crippen LogP contribution in [0.2, 0.25) is 5.02 Å². The molecule has 0 aliphatic carbocycles. The van der Waals surface area contributed by atoms with Crippen molar-refractivity contribution in [2.24, 2.45) is 0 Å². The van der Waals surface area contributed by atoms with E-state index in [2.05, 4.69) is 5.32 Å². The summed E-state index contributed by atoms with van der Waals surface area (Å²) in [5.41, 5.74) is 0.767. The average Bonchev–Trinajstić information content (AvgIpc) is 2.11. The lowest BCUT2D eigenvalue weighted by Gasteiger charge is -2.09. The molecule has 0 aromatic heterocycles. The van der Waals surface area contributed by atoms with Gasteiger partial charge in [-0.25, -0.2) is 0 Å². The monoisotopic (exact) mass is 201 g/mol. The lowest BCUT2D eigenvalue weighted by Crippen LogP contribution is -2.05. The zero-order chi connectivity index (χ0) is 9.84. The fourth-order valence-corrected chi connectivity index (χ4v) is 1.34. The van der Waals surface area contributed by atoms with E-state index in [0.29, 0.717) is 17.3 Å². The SMILES string of the molecule is CNCc1ccc(Cl)c(OC)c1O. The number of halogens is 1. The van der Waals surface area contributed by atoms with Gasteiger partial charge < -0.3 is 15.2 Å². The molecule has 0 aliphatic rings. The van der Waals surface area contributed by atoms with Gasteiger partial charge >= 0.3 is 0 Å². The highest BCUT2D eigenvalue weighted by Crippen LogP contribution is 2.36. The number of nitrogens with one attached hydrogen (secondary N) is 1. The van der Waals surface area contributed by atoms with Crippen LogP contribution in [0.3, 0.4) is 0 Å². The summed E-state index contributed by atoms with van der Waals surface area (Å²) < 4.78 is 4.95. The second kappa shape index (κ2) is 4.35. The van der Waals surface area contributed by atoms with E-state index in [0.717, 1.165) is 5.56 Å². The van der Waals surface area contributed by atoms with E-state index in [-0.39, 0.29) is 5.75 Å². The summed E-state index contributed by atoms with van der Waals surface area (Å²) in [4.78, 5) is 0. The molecule has 0 fully saturated rings. The van der Waals surface area contributed by atoms with E-state index in [4.69, 9.17) is 16.3 Å². The maximum absolute atomic E-state index is 9.65. The van der Waals surface area contributed by atoms with Gasteiger partial charge in [-0.3, -0.25) is 0 Å². The van der Waals surface area contributed by atoms with Crippen molar-refractivity contribution in [2.45, 2.75) is 6.54 Å². The summed E-state index contributed by atoms with van der Waals surface area (Å²) in [6.45, 7) is 0.583. The molecule has 3 nitrogen and oxygen atoms in total. The Morgan fingerprint density at radius 2 is 2.23 bits per heavy atom. The van der Waals surface area contributed by atoms with Crippen LogP contribution in [-0.2, 0) is 6.54 Å². The number of rotatable bonds is 3. The van der Waals surface area contributed by atoms with Crippen molar-refractivity contribution in [3.05, 3.63) is 22.7 Å². The van der Waals surface area contributed by atoms with Gasteiger partial charge in [0, 0.05) is 12.1 Å². The Morgan fingerprint density at radius 1 is 1.54 bits per heavy atom. The molecule has 72 valence electrons. The fraction of sp³-hybridized carbons (Fsp3) is 0.333. The predicted molar refractivity (Wildman–Crippen MR) is 52.4 cm³/mol. The number of hydrogen-bond acceptors (Lipinski definition) is 3. The summed E-state index contributed by atoms with van der Waals surface area (Å²) in [7, 11) is 3.28. The molecular weight excluding hydrogens is 190 g/mol. The Morgan fingerprint density at radius 3 is 2.77 bits per heavy atom. The third-order valence-electron chi connectivity index (χ3n) is 1.74. The normalized spacial score (nSPS) is 10.1. The minimum absolute atomic E-state index is 0.101. The van der Waals surface area contributed by atoms with Gasteiger partial charge in [0.05, 0.1) is 12.1 Å². The summed E-state index contributed by atoms with van der Waals surface area (Å²) in [6.07, 6.45) is 0. The standard InChI is InChI=1S/C9H12ClNO2/c1-11-5-6-3-4-7(10)9(13-2)8(6)12/h3-4,11-12H,5H2,1-2H3. The van der Waals surface area contributed by atoms with E-state index in [1.54, 1.807) is 19.2 Å². The largest absolute Gasteiger partial charge is 0.504 e. The van der Waals surface area contributed by atoms with Crippen LogP contribution in [0.25, 0.3) is 0 Å². The van der Waals surface area contributed by atoms with Crippen molar-refractivity contribution in [2.75, 3.05) is 14.2 Å². The molecule has 0 aliphatic heterocycles. The summed E-state index contributed by atoms with van der Waals surface area (Å²) in [5.74, 6) is 0.429. The molecule has 0 saturated heterocycles. The molecule has 1 aromatic rings. The van der Waals surface area contributed by atoms with Crippen LogP contribution in [0.15, 0.2) is 12.1 Å². The summed E-state index contributed by atoms with van der Waals surface area (Å²) >= 11 is 5.80. The minimum atomic E-state index is 0.101. The maximum atomic E-state index is 9.65. The molecule has 0 amide bonds. The maximum Gasteiger partial charge on any atom is 0.179 e. The molecule has 0 bridgehead atoms. The molecular formula is C9H12ClNO2. The topological polar surface area (TPSA) is 41.5 Å². The number of phenols is 1. The molecule has 1 aromatic carbocycles. The van der Waals surface area contributed by atoms with E-state index in [1.807, 2.05) is 0 Å².